The fraction of sp³-hybridized carbons (Fsp3) is 1.00. The van der Waals surface area contributed by atoms with Gasteiger partial charge in [-0.3, -0.25) is 4.90 Å². The van der Waals surface area contributed by atoms with Gasteiger partial charge in [0, 0.05) is 25.2 Å². The van der Waals surface area contributed by atoms with Gasteiger partial charge in [0.2, 0.25) is 0 Å². The summed E-state index contributed by atoms with van der Waals surface area (Å²) in [4.78, 5) is 5.02. The van der Waals surface area contributed by atoms with Crippen molar-refractivity contribution in [1.29, 1.82) is 0 Å². The van der Waals surface area contributed by atoms with Gasteiger partial charge in [0.1, 0.15) is 0 Å². The molecule has 1 atom stereocenters. The molecule has 4 heteroatoms. The van der Waals surface area contributed by atoms with Crippen molar-refractivity contribution in [3.05, 3.63) is 0 Å². The molecule has 118 valence electrons. The highest BCUT2D eigenvalue weighted by atomic mass is 16.5. The highest BCUT2D eigenvalue weighted by Crippen LogP contribution is 2.29. The van der Waals surface area contributed by atoms with Gasteiger partial charge in [0.15, 0.2) is 0 Å². The number of nitrogens with zero attached hydrogens (tertiary/aromatic N) is 2. The second-order valence-electron chi connectivity index (χ2n) is 6.66. The lowest BCUT2D eigenvalue weighted by Gasteiger charge is -2.41. The molecule has 1 aliphatic heterocycles. The first kappa shape index (κ1) is 16.2. The van der Waals surface area contributed by atoms with Crippen molar-refractivity contribution in [3.8, 4) is 0 Å². The lowest BCUT2D eigenvalue weighted by atomic mass is 9.89. The molecule has 0 amide bonds. The summed E-state index contributed by atoms with van der Waals surface area (Å²) in [6.45, 7) is 9.42. The average Bonchev–Trinajstić information content (AvgIpc) is 3.29. The van der Waals surface area contributed by atoms with E-state index in [4.69, 9.17) is 10.5 Å². The van der Waals surface area contributed by atoms with Gasteiger partial charge in [-0.15, -0.1) is 0 Å². The Hall–Kier alpha value is -0.160. The van der Waals surface area contributed by atoms with Crippen molar-refractivity contribution in [3.63, 3.8) is 0 Å². The summed E-state index contributed by atoms with van der Waals surface area (Å²) >= 11 is 0. The van der Waals surface area contributed by atoms with Gasteiger partial charge < -0.3 is 15.4 Å². The first-order valence-corrected chi connectivity index (χ1v) is 8.41. The van der Waals surface area contributed by atoms with Gasteiger partial charge >= 0.3 is 0 Å². The van der Waals surface area contributed by atoms with Crippen LogP contribution in [-0.2, 0) is 4.74 Å². The molecular formula is C16H33N3O. The third-order valence-electron chi connectivity index (χ3n) is 5.27. The zero-order chi connectivity index (χ0) is 14.4. The molecule has 1 unspecified atom stereocenters. The molecule has 0 spiro atoms. The second kappa shape index (κ2) is 7.74. The number of rotatable bonds is 8. The molecule has 4 nitrogen and oxygen atoms in total. The van der Waals surface area contributed by atoms with Crippen LogP contribution in [0.2, 0.25) is 0 Å². The topological polar surface area (TPSA) is 41.7 Å². The minimum absolute atomic E-state index is 0.187. The second-order valence-corrected chi connectivity index (χ2v) is 6.66. The first-order chi connectivity index (χ1) is 9.70. The zero-order valence-electron chi connectivity index (χ0n) is 13.4. The summed E-state index contributed by atoms with van der Waals surface area (Å²) in [5.41, 5.74) is 6.34. The molecule has 2 N–H and O–H groups in total. The Bertz CT molecular complexity index is 283. The molecule has 0 aromatic rings. The molecule has 20 heavy (non-hydrogen) atoms. The molecular weight excluding hydrogens is 250 g/mol. The van der Waals surface area contributed by atoms with E-state index >= 15 is 0 Å². The van der Waals surface area contributed by atoms with E-state index in [1.807, 2.05) is 0 Å². The maximum atomic E-state index is 6.16. The summed E-state index contributed by atoms with van der Waals surface area (Å²) < 4.78 is 5.79. The molecule has 2 rings (SSSR count). The van der Waals surface area contributed by atoms with E-state index in [-0.39, 0.29) is 5.54 Å². The van der Waals surface area contributed by atoms with Crippen LogP contribution in [0.25, 0.3) is 0 Å². The maximum absolute atomic E-state index is 6.16. The summed E-state index contributed by atoms with van der Waals surface area (Å²) in [6, 6.07) is 0. The van der Waals surface area contributed by atoms with E-state index in [0.717, 1.165) is 38.8 Å². The fourth-order valence-corrected chi connectivity index (χ4v) is 3.27. The normalized spacial score (nSPS) is 28.8. The van der Waals surface area contributed by atoms with Crippen molar-refractivity contribution in [2.75, 3.05) is 53.0 Å². The third-order valence-corrected chi connectivity index (χ3v) is 5.27. The van der Waals surface area contributed by atoms with Crippen LogP contribution in [0.1, 0.15) is 39.0 Å². The standard InChI is InChI=1S/C16H33N3O/c1-3-19-9-4-7-16(14-17,8-10-19)18(2)11-12-20-13-15-5-6-15/h15H,3-14,17H2,1-2H3. The quantitative estimate of drug-likeness (QED) is 0.686. The fourth-order valence-electron chi connectivity index (χ4n) is 3.27. The molecule has 0 bridgehead atoms. The molecule has 1 heterocycles. The first-order valence-electron chi connectivity index (χ1n) is 8.41. The Morgan fingerprint density at radius 3 is 2.75 bits per heavy atom. The van der Waals surface area contributed by atoms with E-state index in [1.54, 1.807) is 0 Å². The van der Waals surface area contributed by atoms with Gasteiger partial charge in [0.05, 0.1) is 6.61 Å². The van der Waals surface area contributed by atoms with E-state index in [9.17, 15) is 0 Å². The van der Waals surface area contributed by atoms with Crippen LogP contribution in [-0.4, -0.2) is 68.3 Å². The number of hydrogen-bond acceptors (Lipinski definition) is 4. The lowest BCUT2D eigenvalue weighted by molar-refractivity contribution is 0.0513. The predicted molar refractivity (Wildman–Crippen MR) is 83.9 cm³/mol. The number of ether oxygens (including phenoxy) is 1. The van der Waals surface area contributed by atoms with Crippen LogP contribution in [0.5, 0.6) is 0 Å². The van der Waals surface area contributed by atoms with Crippen molar-refractivity contribution in [1.82, 2.24) is 9.80 Å². The lowest BCUT2D eigenvalue weighted by Crippen LogP contribution is -2.53. The van der Waals surface area contributed by atoms with Crippen LogP contribution in [0.15, 0.2) is 0 Å². The summed E-state index contributed by atoms with van der Waals surface area (Å²) in [5.74, 6) is 0.861. The number of likely N-dealkylation sites (N-methyl/N-ethyl adjacent to an activating group) is 1. The van der Waals surface area contributed by atoms with Gasteiger partial charge in [-0.05, 0) is 64.7 Å². The Morgan fingerprint density at radius 2 is 2.10 bits per heavy atom. The molecule has 2 fully saturated rings. The molecule has 0 aromatic heterocycles. The van der Waals surface area contributed by atoms with Crippen molar-refractivity contribution in [2.45, 2.75) is 44.6 Å². The Kier molecular flexibility index (Phi) is 6.27. The van der Waals surface area contributed by atoms with E-state index in [1.165, 1.54) is 45.2 Å². The van der Waals surface area contributed by atoms with Crippen LogP contribution in [0, 0.1) is 5.92 Å². The summed E-state index contributed by atoms with van der Waals surface area (Å²) in [6.07, 6.45) is 6.42. The molecule has 0 radical (unpaired) electrons. The smallest absolute Gasteiger partial charge is 0.0593 e. The number of likely N-dealkylation sites (tertiary alicyclic amines) is 1. The maximum Gasteiger partial charge on any atom is 0.0593 e. The Labute approximate surface area is 124 Å². The van der Waals surface area contributed by atoms with E-state index in [0.29, 0.717) is 0 Å². The SMILES string of the molecule is CCN1CCCC(CN)(N(C)CCOCC2CC2)CC1. The van der Waals surface area contributed by atoms with Crippen LogP contribution >= 0.6 is 0 Å². The monoisotopic (exact) mass is 283 g/mol. The summed E-state index contributed by atoms with van der Waals surface area (Å²) in [5, 5.41) is 0. The van der Waals surface area contributed by atoms with Crippen LogP contribution < -0.4 is 5.73 Å². The molecule has 0 aromatic carbocycles. The minimum Gasteiger partial charge on any atom is -0.380 e. The average molecular weight is 283 g/mol. The Morgan fingerprint density at radius 1 is 1.30 bits per heavy atom. The molecule has 1 aliphatic carbocycles. The molecule has 1 saturated carbocycles. The molecule has 1 saturated heterocycles. The third kappa shape index (κ3) is 4.42. The minimum atomic E-state index is 0.187. The van der Waals surface area contributed by atoms with E-state index < -0.39 is 0 Å². The zero-order valence-corrected chi connectivity index (χ0v) is 13.4. The van der Waals surface area contributed by atoms with Crippen molar-refractivity contribution in [2.24, 2.45) is 11.7 Å². The van der Waals surface area contributed by atoms with Crippen molar-refractivity contribution >= 4 is 0 Å². The van der Waals surface area contributed by atoms with Gasteiger partial charge in [0.25, 0.3) is 0 Å². The Balaban J connectivity index is 1.77. The largest absolute Gasteiger partial charge is 0.380 e. The highest BCUT2D eigenvalue weighted by molar-refractivity contribution is 4.93. The number of nitrogens with two attached hydrogens (primary N) is 1. The van der Waals surface area contributed by atoms with Crippen LogP contribution in [0.4, 0.5) is 0 Å². The van der Waals surface area contributed by atoms with Gasteiger partial charge in [-0.2, -0.15) is 0 Å². The predicted octanol–water partition coefficient (Wildman–Crippen LogP) is 1.55. The van der Waals surface area contributed by atoms with Gasteiger partial charge in [-0.25, -0.2) is 0 Å². The van der Waals surface area contributed by atoms with Crippen LogP contribution in [0.3, 0.4) is 0 Å². The highest BCUT2D eigenvalue weighted by Gasteiger charge is 2.34. The summed E-state index contributed by atoms with van der Waals surface area (Å²) in [7, 11) is 2.23. The molecule has 2 aliphatic rings. The van der Waals surface area contributed by atoms with Gasteiger partial charge in [-0.1, -0.05) is 6.92 Å². The number of hydrogen-bond donors (Lipinski definition) is 1. The van der Waals surface area contributed by atoms with E-state index in [2.05, 4.69) is 23.8 Å². The van der Waals surface area contributed by atoms with Crippen molar-refractivity contribution < 1.29 is 4.74 Å².